The summed E-state index contributed by atoms with van der Waals surface area (Å²) in [5, 5.41) is 17.0. The van der Waals surface area contributed by atoms with Crippen LogP contribution < -0.4 is 0 Å². The summed E-state index contributed by atoms with van der Waals surface area (Å²) in [6.07, 6.45) is 9.18. The third-order valence-electron chi connectivity index (χ3n) is 2.41. The Hall–Kier alpha value is -2.34. The molecule has 0 saturated heterocycles. The topological polar surface area (TPSA) is 61.1 Å². The zero-order valence-electron chi connectivity index (χ0n) is 10.0. The molecular weight excluding hydrogens is 226 g/mol. The molecule has 0 bridgehead atoms. The molecule has 0 radical (unpaired) electrons. The Labute approximate surface area is 107 Å². The summed E-state index contributed by atoms with van der Waals surface area (Å²) in [5.41, 5.74) is 1.89. The maximum absolute atomic E-state index is 10.2. The van der Waals surface area contributed by atoms with Crippen molar-refractivity contribution < 1.29 is 9.90 Å². The van der Waals surface area contributed by atoms with Crippen LogP contribution in [0.5, 0.6) is 0 Å². The van der Waals surface area contributed by atoms with Crippen LogP contribution >= 0.6 is 0 Å². The van der Waals surface area contributed by atoms with Crippen molar-refractivity contribution in [1.82, 2.24) is 0 Å². The number of rotatable bonds is 6. The van der Waals surface area contributed by atoms with Gasteiger partial charge < -0.3 is 5.11 Å². The Balaban J connectivity index is 2.25. The summed E-state index contributed by atoms with van der Waals surface area (Å²) in [6, 6.07) is 9.66. The fraction of sp³-hybridized carbons (Fsp3) is 0.200. The van der Waals surface area contributed by atoms with E-state index in [1.165, 1.54) is 11.6 Å². The fourth-order valence-corrected chi connectivity index (χ4v) is 1.48. The van der Waals surface area contributed by atoms with E-state index in [1.54, 1.807) is 6.08 Å². The highest BCUT2D eigenvalue weighted by atomic mass is 16.4. The molecule has 0 fully saturated rings. The molecule has 0 aromatic heterocycles. The van der Waals surface area contributed by atoms with Crippen molar-refractivity contribution in [3.05, 3.63) is 59.7 Å². The number of nitrogens with zero attached hydrogens (tertiary/aromatic N) is 1. The Kier molecular flexibility index (Phi) is 5.99. The molecule has 0 aliphatic carbocycles. The van der Waals surface area contributed by atoms with Crippen molar-refractivity contribution in [3.63, 3.8) is 0 Å². The lowest BCUT2D eigenvalue weighted by Crippen LogP contribution is -1.85. The first-order valence-electron chi connectivity index (χ1n) is 5.77. The third-order valence-corrected chi connectivity index (χ3v) is 2.41. The quantitative estimate of drug-likeness (QED) is 0.473. The number of aliphatic carboxylic acids is 1. The number of benzene rings is 1. The molecule has 0 saturated carbocycles. The number of hydrogen-bond donors (Lipinski definition) is 1. The predicted molar refractivity (Wildman–Crippen MR) is 70.0 cm³/mol. The second-order valence-electron chi connectivity index (χ2n) is 3.83. The molecule has 1 N–H and O–H groups in total. The first-order chi connectivity index (χ1) is 8.72. The van der Waals surface area contributed by atoms with Gasteiger partial charge in [-0.05, 0) is 37.0 Å². The van der Waals surface area contributed by atoms with Crippen LogP contribution in [-0.2, 0) is 11.2 Å². The maximum Gasteiger partial charge on any atom is 0.328 e. The number of unbranched alkanes of at least 4 members (excludes halogenated alkanes) is 1. The average molecular weight is 241 g/mol. The van der Waals surface area contributed by atoms with Gasteiger partial charge in [0, 0.05) is 6.08 Å². The molecule has 0 aliphatic rings. The van der Waals surface area contributed by atoms with Crippen molar-refractivity contribution in [2.24, 2.45) is 0 Å². The van der Waals surface area contributed by atoms with Gasteiger partial charge in [0.1, 0.15) is 0 Å². The van der Waals surface area contributed by atoms with Crippen LogP contribution in [0.25, 0.3) is 0 Å². The molecule has 0 atom stereocenters. The largest absolute Gasteiger partial charge is 0.478 e. The number of carboxylic acid groups (broad SMARTS) is 1. The highest BCUT2D eigenvalue weighted by Crippen LogP contribution is 2.07. The first-order valence-corrected chi connectivity index (χ1v) is 5.77. The fourth-order valence-electron chi connectivity index (χ4n) is 1.48. The van der Waals surface area contributed by atoms with E-state index in [0.29, 0.717) is 5.56 Å². The number of hydrogen-bond acceptors (Lipinski definition) is 2. The number of carboxylic acids is 1. The van der Waals surface area contributed by atoms with Crippen molar-refractivity contribution in [1.29, 1.82) is 5.26 Å². The van der Waals surface area contributed by atoms with Crippen LogP contribution in [0.2, 0.25) is 0 Å². The van der Waals surface area contributed by atoms with Crippen LogP contribution in [0.15, 0.2) is 48.6 Å². The Bertz CT molecular complexity index is 478. The first kappa shape index (κ1) is 13.7. The van der Waals surface area contributed by atoms with E-state index in [-0.39, 0.29) is 0 Å². The van der Waals surface area contributed by atoms with Crippen LogP contribution in [0.4, 0.5) is 0 Å². The molecule has 3 nitrogen and oxygen atoms in total. The smallest absolute Gasteiger partial charge is 0.328 e. The number of carbonyl (C=O) groups is 1. The molecule has 18 heavy (non-hydrogen) atoms. The van der Waals surface area contributed by atoms with Gasteiger partial charge in [-0.1, -0.05) is 30.4 Å². The zero-order valence-corrected chi connectivity index (χ0v) is 10.0. The van der Waals surface area contributed by atoms with Gasteiger partial charge in [-0.25, -0.2) is 4.79 Å². The van der Waals surface area contributed by atoms with Crippen molar-refractivity contribution in [2.45, 2.75) is 19.3 Å². The van der Waals surface area contributed by atoms with E-state index in [1.807, 2.05) is 30.3 Å². The maximum atomic E-state index is 10.2. The van der Waals surface area contributed by atoms with E-state index < -0.39 is 5.97 Å². The summed E-state index contributed by atoms with van der Waals surface area (Å²) < 4.78 is 0. The number of nitriles is 1. The Morgan fingerprint density at radius 2 is 2.00 bits per heavy atom. The van der Waals surface area contributed by atoms with Gasteiger partial charge in [0.25, 0.3) is 0 Å². The molecule has 92 valence electrons. The SMILES string of the molecule is N#Cc1ccc(CCCC=CC=CC(=O)O)cc1. The Morgan fingerprint density at radius 3 is 2.61 bits per heavy atom. The summed E-state index contributed by atoms with van der Waals surface area (Å²) in [6.45, 7) is 0. The average Bonchev–Trinajstić information content (AvgIpc) is 2.38. The lowest BCUT2D eigenvalue weighted by molar-refractivity contribution is -0.131. The lowest BCUT2D eigenvalue weighted by atomic mass is 10.1. The second-order valence-corrected chi connectivity index (χ2v) is 3.83. The van der Waals surface area contributed by atoms with Gasteiger partial charge in [-0.2, -0.15) is 5.26 Å². The van der Waals surface area contributed by atoms with Gasteiger partial charge in [-0.3, -0.25) is 0 Å². The summed E-state index contributed by atoms with van der Waals surface area (Å²) in [4.78, 5) is 10.2. The zero-order chi connectivity index (χ0) is 13.2. The molecule has 1 aromatic rings. The molecule has 0 heterocycles. The van der Waals surface area contributed by atoms with E-state index in [2.05, 4.69) is 6.07 Å². The minimum absolute atomic E-state index is 0.678. The van der Waals surface area contributed by atoms with Crippen LogP contribution in [-0.4, -0.2) is 11.1 Å². The normalized spacial score (nSPS) is 10.8. The molecule has 0 aliphatic heterocycles. The van der Waals surface area contributed by atoms with Gasteiger partial charge in [-0.15, -0.1) is 0 Å². The van der Waals surface area contributed by atoms with E-state index >= 15 is 0 Å². The number of aryl methyl sites for hydroxylation is 1. The summed E-state index contributed by atoms with van der Waals surface area (Å²) >= 11 is 0. The summed E-state index contributed by atoms with van der Waals surface area (Å²) in [7, 11) is 0. The molecule has 1 rings (SSSR count). The second kappa shape index (κ2) is 7.86. The predicted octanol–water partition coefficient (Wildman–Crippen LogP) is 3.08. The van der Waals surface area contributed by atoms with E-state index in [4.69, 9.17) is 10.4 Å². The van der Waals surface area contributed by atoms with E-state index in [0.717, 1.165) is 25.3 Å². The van der Waals surface area contributed by atoms with Gasteiger partial charge in [0.15, 0.2) is 0 Å². The van der Waals surface area contributed by atoms with E-state index in [9.17, 15) is 4.79 Å². The molecule has 0 amide bonds. The highest BCUT2D eigenvalue weighted by Gasteiger charge is 1.93. The summed E-state index contributed by atoms with van der Waals surface area (Å²) in [5.74, 6) is -0.933. The Morgan fingerprint density at radius 1 is 1.28 bits per heavy atom. The van der Waals surface area contributed by atoms with Gasteiger partial charge in [0.2, 0.25) is 0 Å². The third kappa shape index (κ3) is 5.66. The lowest BCUT2D eigenvalue weighted by Gasteiger charge is -1.98. The van der Waals surface area contributed by atoms with Crippen molar-refractivity contribution in [2.75, 3.05) is 0 Å². The molecule has 0 unspecified atom stereocenters. The minimum atomic E-state index is -0.933. The van der Waals surface area contributed by atoms with Gasteiger partial charge >= 0.3 is 5.97 Å². The number of allylic oxidation sites excluding steroid dienone is 3. The molecule has 1 aromatic carbocycles. The minimum Gasteiger partial charge on any atom is -0.478 e. The highest BCUT2D eigenvalue weighted by molar-refractivity contribution is 5.80. The molecule has 0 spiro atoms. The van der Waals surface area contributed by atoms with Crippen molar-refractivity contribution >= 4 is 5.97 Å². The van der Waals surface area contributed by atoms with Crippen LogP contribution in [0, 0.1) is 11.3 Å². The van der Waals surface area contributed by atoms with Crippen LogP contribution in [0.3, 0.4) is 0 Å². The van der Waals surface area contributed by atoms with Gasteiger partial charge in [0.05, 0.1) is 11.6 Å². The standard InChI is InChI=1S/C15H15NO2/c16-12-14-10-8-13(9-11-14)6-4-2-1-3-5-7-15(17)18/h1,3,5,7-11H,2,4,6H2,(H,17,18). The van der Waals surface area contributed by atoms with Crippen LogP contribution in [0.1, 0.15) is 24.0 Å². The molecule has 3 heteroatoms. The molecular formula is C15H15NO2. The monoisotopic (exact) mass is 241 g/mol. The van der Waals surface area contributed by atoms with Crippen molar-refractivity contribution in [3.8, 4) is 6.07 Å².